The van der Waals surface area contributed by atoms with Crippen LogP contribution in [0.4, 0.5) is 0 Å². The number of amidine groups is 1. The van der Waals surface area contributed by atoms with Gasteiger partial charge >= 0.3 is 0 Å². The molecule has 0 aromatic heterocycles. The number of hydrogen-bond donors (Lipinski definition) is 2. The highest BCUT2D eigenvalue weighted by Gasteiger charge is 2.18. The van der Waals surface area contributed by atoms with E-state index in [1.54, 1.807) is 4.90 Å². The highest BCUT2D eigenvalue weighted by Crippen LogP contribution is 2.03. The third-order valence-corrected chi connectivity index (χ3v) is 2.53. The van der Waals surface area contributed by atoms with E-state index in [0.29, 0.717) is 6.54 Å². The summed E-state index contributed by atoms with van der Waals surface area (Å²) < 4.78 is 0. The maximum absolute atomic E-state index is 11.7. The molecule has 1 fully saturated rings. The zero-order chi connectivity index (χ0) is 11.3. The van der Waals surface area contributed by atoms with Gasteiger partial charge in [-0.25, -0.2) is 0 Å². The summed E-state index contributed by atoms with van der Waals surface area (Å²) in [5.41, 5.74) is 5.29. The van der Waals surface area contributed by atoms with Gasteiger partial charge in [0, 0.05) is 19.6 Å². The van der Waals surface area contributed by atoms with Crippen LogP contribution in [-0.4, -0.2) is 60.0 Å². The fraction of sp³-hybridized carbons (Fsp3) is 0.778. The van der Waals surface area contributed by atoms with Crippen molar-refractivity contribution in [2.24, 2.45) is 10.9 Å². The van der Waals surface area contributed by atoms with Crippen LogP contribution in [-0.2, 0) is 4.79 Å². The number of nitrogens with two attached hydrogens (primary N) is 1. The van der Waals surface area contributed by atoms with E-state index < -0.39 is 0 Å². The second-order valence-corrected chi connectivity index (χ2v) is 3.81. The summed E-state index contributed by atoms with van der Waals surface area (Å²) in [6, 6.07) is 0. The molecule has 0 aromatic carbocycles. The van der Waals surface area contributed by atoms with E-state index in [-0.39, 0.29) is 18.2 Å². The zero-order valence-corrected chi connectivity index (χ0v) is 9.02. The Morgan fingerprint density at radius 2 is 2.13 bits per heavy atom. The first-order chi connectivity index (χ1) is 7.13. The molecule has 0 radical (unpaired) electrons. The molecule has 0 saturated carbocycles. The van der Waals surface area contributed by atoms with Crippen LogP contribution in [0.2, 0.25) is 0 Å². The summed E-state index contributed by atoms with van der Waals surface area (Å²) in [6.45, 7) is 3.35. The minimum Gasteiger partial charge on any atom is -0.409 e. The lowest BCUT2D eigenvalue weighted by molar-refractivity contribution is -0.129. The number of nitrogens with zero attached hydrogens (tertiary/aromatic N) is 3. The maximum atomic E-state index is 11.7. The van der Waals surface area contributed by atoms with Gasteiger partial charge in [0.25, 0.3) is 0 Å². The Morgan fingerprint density at radius 1 is 1.40 bits per heavy atom. The molecule has 1 heterocycles. The smallest absolute Gasteiger partial charge is 0.230 e. The minimum absolute atomic E-state index is 0.000213. The van der Waals surface area contributed by atoms with Gasteiger partial charge in [-0.1, -0.05) is 5.16 Å². The topological polar surface area (TPSA) is 82.2 Å². The third-order valence-electron chi connectivity index (χ3n) is 2.53. The number of rotatable bonds is 2. The molecule has 0 unspecified atom stereocenters. The second-order valence-electron chi connectivity index (χ2n) is 3.81. The predicted molar refractivity (Wildman–Crippen MR) is 56.7 cm³/mol. The quantitative estimate of drug-likeness (QED) is 0.275. The highest BCUT2D eigenvalue weighted by molar-refractivity contribution is 5.98. The third kappa shape index (κ3) is 3.75. The molecule has 6 nitrogen and oxygen atoms in total. The molecule has 1 aliphatic rings. The lowest BCUT2D eigenvalue weighted by Crippen LogP contribution is -2.36. The summed E-state index contributed by atoms with van der Waals surface area (Å²) in [5.74, 6) is -0.0989. The number of carbonyl (C=O) groups is 1. The highest BCUT2D eigenvalue weighted by atomic mass is 16.4. The van der Waals surface area contributed by atoms with Crippen LogP contribution in [0.1, 0.15) is 12.8 Å². The van der Waals surface area contributed by atoms with Crippen LogP contribution in [0.15, 0.2) is 5.16 Å². The molecule has 1 saturated heterocycles. The van der Waals surface area contributed by atoms with Crippen molar-refractivity contribution in [3.63, 3.8) is 0 Å². The molecule has 15 heavy (non-hydrogen) atoms. The fourth-order valence-corrected chi connectivity index (χ4v) is 1.60. The molecule has 3 N–H and O–H groups in total. The van der Waals surface area contributed by atoms with Crippen LogP contribution in [0.25, 0.3) is 0 Å². The molecule has 0 aliphatic carbocycles. The molecule has 6 heteroatoms. The summed E-state index contributed by atoms with van der Waals surface area (Å²) in [4.78, 5) is 15.6. The molecular weight excluding hydrogens is 196 g/mol. The number of hydrogen-bond acceptors (Lipinski definition) is 4. The predicted octanol–water partition coefficient (Wildman–Crippen LogP) is -0.713. The molecule has 1 rings (SSSR count). The lowest BCUT2D eigenvalue weighted by atomic mass is 10.3. The van der Waals surface area contributed by atoms with Crippen LogP contribution < -0.4 is 5.73 Å². The number of amides is 1. The van der Waals surface area contributed by atoms with Crippen molar-refractivity contribution in [1.29, 1.82) is 0 Å². The monoisotopic (exact) mass is 214 g/mol. The van der Waals surface area contributed by atoms with Crippen molar-refractivity contribution in [1.82, 2.24) is 9.80 Å². The Balaban J connectivity index is 2.45. The molecular formula is C9H18N4O2. The molecule has 0 bridgehead atoms. The first-order valence-electron chi connectivity index (χ1n) is 5.06. The molecule has 86 valence electrons. The minimum atomic E-state index is -0.0689. The van der Waals surface area contributed by atoms with Gasteiger partial charge < -0.3 is 20.7 Å². The standard InChI is InChI=1S/C9H18N4O2/c1-12-3-2-4-13(6-5-12)9(14)7-8(10)11-15/h15H,2-7H2,1H3,(H2,10,11). The van der Waals surface area contributed by atoms with E-state index in [1.165, 1.54) is 0 Å². The summed E-state index contributed by atoms with van der Waals surface area (Å²) >= 11 is 0. The largest absolute Gasteiger partial charge is 0.409 e. The maximum Gasteiger partial charge on any atom is 0.230 e. The van der Waals surface area contributed by atoms with Gasteiger partial charge in [-0.05, 0) is 20.0 Å². The molecule has 0 spiro atoms. The Kier molecular flexibility index (Phi) is 4.36. The van der Waals surface area contributed by atoms with Crippen molar-refractivity contribution < 1.29 is 10.0 Å². The number of oxime groups is 1. The van der Waals surface area contributed by atoms with E-state index in [0.717, 1.165) is 26.1 Å². The van der Waals surface area contributed by atoms with E-state index >= 15 is 0 Å². The summed E-state index contributed by atoms with van der Waals surface area (Å²) in [7, 11) is 2.04. The van der Waals surface area contributed by atoms with Gasteiger partial charge in [0.15, 0.2) is 0 Å². The number of carbonyl (C=O) groups excluding carboxylic acids is 1. The van der Waals surface area contributed by atoms with Crippen LogP contribution >= 0.6 is 0 Å². The van der Waals surface area contributed by atoms with Crippen molar-refractivity contribution in [2.45, 2.75) is 12.8 Å². The average Bonchev–Trinajstić information content (AvgIpc) is 2.42. The number of likely N-dealkylation sites (N-methyl/N-ethyl adjacent to an activating group) is 1. The van der Waals surface area contributed by atoms with E-state index in [1.807, 2.05) is 7.05 Å². The van der Waals surface area contributed by atoms with Gasteiger partial charge in [0.1, 0.15) is 5.84 Å². The Morgan fingerprint density at radius 3 is 2.80 bits per heavy atom. The molecule has 0 aromatic rings. The normalized spacial score (nSPS) is 20.1. The van der Waals surface area contributed by atoms with Crippen molar-refractivity contribution in [2.75, 3.05) is 33.2 Å². The molecule has 0 atom stereocenters. The van der Waals surface area contributed by atoms with Crippen LogP contribution in [0.3, 0.4) is 0 Å². The summed E-state index contributed by atoms with van der Waals surface area (Å²) in [6.07, 6.45) is 0.971. The first-order valence-corrected chi connectivity index (χ1v) is 5.06. The Labute approximate surface area is 89.3 Å². The first kappa shape index (κ1) is 11.8. The van der Waals surface area contributed by atoms with Gasteiger partial charge in [0.05, 0.1) is 6.42 Å². The van der Waals surface area contributed by atoms with E-state index in [2.05, 4.69) is 10.1 Å². The van der Waals surface area contributed by atoms with Gasteiger partial charge in [-0.2, -0.15) is 0 Å². The Bertz CT molecular complexity index is 254. The van der Waals surface area contributed by atoms with Crippen molar-refractivity contribution in [3.05, 3.63) is 0 Å². The SMILES string of the molecule is CN1CCCN(C(=O)C/C(N)=N/O)CC1. The lowest BCUT2D eigenvalue weighted by Gasteiger charge is -2.20. The van der Waals surface area contributed by atoms with Gasteiger partial charge in [-0.15, -0.1) is 0 Å². The molecule has 1 amide bonds. The fourth-order valence-electron chi connectivity index (χ4n) is 1.60. The zero-order valence-electron chi connectivity index (χ0n) is 9.02. The van der Waals surface area contributed by atoms with Gasteiger partial charge in [0.2, 0.25) is 5.91 Å². The van der Waals surface area contributed by atoms with Gasteiger partial charge in [-0.3, -0.25) is 4.79 Å². The van der Waals surface area contributed by atoms with Crippen molar-refractivity contribution in [3.8, 4) is 0 Å². The summed E-state index contributed by atoms with van der Waals surface area (Å²) in [5, 5.41) is 11.2. The van der Waals surface area contributed by atoms with E-state index in [9.17, 15) is 4.79 Å². The van der Waals surface area contributed by atoms with E-state index in [4.69, 9.17) is 10.9 Å². The van der Waals surface area contributed by atoms with Crippen molar-refractivity contribution >= 4 is 11.7 Å². The second kappa shape index (κ2) is 5.55. The Hall–Kier alpha value is -1.30. The average molecular weight is 214 g/mol. The molecule has 1 aliphatic heterocycles. The van der Waals surface area contributed by atoms with Crippen LogP contribution in [0, 0.1) is 0 Å². The van der Waals surface area contributed by atoms with Crippen LogP contribution in [0.5, 0.6) is 0 Å².